The lowest BCUT2D eigenvalue weighted by atomic mass is 10.2. The van der Waals surface area contributed by atoms with Gasteiger partial charge in [0, 0.05) is 7.05 Å². The topological polar surface area (TPSA) is 118 Å². The molecule has 0 aliphatic carbocycles. The van der Waals surface area contributed by atoms with Crippen molar-refractivity contribution in [1.29, 1.82) is 5.26 Å². The van der Waals surface area contributed by atoms with Crippen molar-refractivity contribution >= 4 is 11.6 Å². The van der Waals surface area contributed by atoms with Crippen molar-refractivity contribution in [2.75, 3.05) is 7.05 Å². The molecule has 19 heavy (non-hydrogen) atoms. The lowest BCUT2D eigenvalue weighted by Crippen LogP contribution is -2.29. The lowest BCUT2D eigenvalue weighted by molar-refractivity contribution is 0.732. The smallest absolute Gasteiger partial charge is 0.244 e. The van der Waals surface area contributed by atoms with Gasteiger partial charge in [0.15, 0.2) is 5.82 Å². The number of hydrogen-bond donors (Lipinski definition) is 2. The van der Waals surface area contributed by atoms with Gasteiger partial charge in [0.1, 0.15) is 0 Å². The zero-order valence-corrected chi connectivity index (χ0v) is 10.3. The number of rotatable bonds is 2. The molecule has 0 aliphatic rings. The SMILES string of the molecule is CNC(=Nc1ccc(C#N)cc1)n1nnc(CN)n1. The summed E-state index contributed by atoms with van der Waals surface area (Å²) < 4.78 is 0. The summed E-state index contributed by atoms with van der Waals surface area (Å²) in [6.45, 7) is 0.216. The van der Waals surface area contributed by atoms with Gasteiger partial charge in [0.05, 0.1) is 23.9 Å². The zero-order chi connectivity index (χ0) is 13.7. The average molecular weight is 256 g/mol. The molecule has 3 N–H and O–H groups in total. The summed E-state index contributed by atoms with van der Waals surface area (Å²) in [7, 11) is 1.70. The molecule has 1 aromatic heterocycles. The predicted octanol–water partition coefficient (Wildman–Crippen LogP) is -0.241. The van der Waals surface area contributed by atoms with E-state index in [1.165, 1.54) is 4.80 Å². The van der Waals surface area contributed by atoms with Crippen LogP contribution in [0.5, 0.6) is 0 Å². The van der Waals surface area contributed by atoms with Crippen LogP contribution >= 0.6 is 0 Å². The molecule has 0 fully saturated rings. The maximum atomic E-state index is 8.72. The van der Waals surface area contributed by atoms with Gasteiger partial charge < -0.3 is 11.1 Å². The molecule has 0 aliphatic heterocycles. The number of nitrogens with zero attached hydrogens (tertiary/aromatic N) is 6. The first kappa shape index (κ1) is 12.7. The largest absolute Gasteiger partial charge is 0.356 e. The molecule has 0 saturated carbocycles. The van der Waals surface area contributed by atoms with Gasteiger partial charge in [-0.2, -0.15) is 5.26 Å². The number of aromatic nitrogens is 4. The number of nitriles is 1. The van der Waals surface area contributed by atoms with Crippen LogP contribution in [0.1, 0.15) is 11.4 Å². The number of tetrazole rings is 1. The Bertz CT molecular complexity index is 619. The highest BCUT2D eigenvalue weighted by atomic mass is 15.6. The van der Waals surface area contributed by atoms with Crippen molar-refractivity contribution in [2.24, 2.45) is 10.7 Å². The summed E-state index contributed by atoms with van der Waals surface area (Å²) in [6, 6.07) is 8.89. The van der Waals surface area contributed by atoms with Crippen LogP contribution in [0.4, 0.5) is 5.69 Å². The lowest BCUT2D eigenvalue weighted by Gasteiger charge is -2.02. The molecular weight excluding hydrogens is 244 g/mol. The van der Waals surface area contributed by atoms with E-state index >= 15 is 0 Å². The van der Waals surface area contributed by atoms with Crippen molar-refractivity contribution < 1.29 is 0 Å². The second-order valence-electron chi connectivity index (χ2n) is 3.54. The number of benzene rings is 1. The highest BCUT2D eigenvalue weighted by Crippen LogP contribution is 2.12. The van der Waals surface area contributed by atoms with E-state index in [4.69, 9.17) is 11.0 Å². The van der Waals surface area contributed by atoms with Crippen LogP contribution in [-0.4, -0.2) is 33.2 Å². The van der Waals surface area contributed by atoms with Crippen molar-refractivity contribution in [1.82, 2.24) is 25.5 Å². The highest BCUT2D eigenvalue weighted by molar-refractivity contribution is 5.82. The van der Waals surface area contributed by atoms with Gasteiger partial charge in [-0.1, -0.05) is 4.80 Å². The monoisotopic (exact) mass is 256 g/mol. The molecule has 1 aromatic carbocycles. The van der Waals surface area contributed by atoms with Gasteiger partial charge in [-0.25, -0.2) is 4.99 Å². The highest BCUT2D eigenvalue weighted by Gasteiger charge is 2.06. The fourth-order valence-corrected chi connectivity index (χ4v) is 1.35. The van der Waals surface area contributed by atoms with Gasteiger partial charge in [-0.05, 0) is 29.5 Å². The van der Waals surface area contributed by atoms with Crippen molar-refractivity contribution in [2.45, 2.75) is 6.54 Å². The Kier molecular flexibility index (Phi) is 3.80. The van der Waals surface area contributed by atoms with Crippen molar-refractivity contribution in [3.8, 4) is 6.07 Å². The summed E-state index contributed by atoms with van der Waals surface area (Å²) in [6.07, 6.45) is 0. The fraction of sp³-hybridized carbons (Fsp3) is 0.182. The number of aliphatic imine (C=N–C) groups is 1. The van der Waals surface area contributed by atoms with Crippen LogP contribution < -0.4 is 11.1 Å². The number of nitrogens with two attached hydrogens (primary N) is 1. The standard InChI is InChI=1S/C11H12N8/c1-14-11(19-17-10(7-13)16-18-19)15-9-4-2-8(6-12)3-5-9/h2-5H,7,13H2,1H3,(H,14,15). The van der Waals surface area contributed by atoms with Crippen molar-refractivity contribution in [3.63, 3.8) is 0 Å². The van der Waals surface area contributed by atoms with E-state index in [1.807, 2.05) is 6.07 Å². The fourth-order valence-electron chi connectivity index (χ4n) is 1.35. The molecule has 1 heterocycles. The second-order valence-corrected chi connectivity index (χ2v) is 3.54. The van der Waals surface area contributed by atoms with Crippen molar-refractivity contribution in [3.05, 3.63) is 35.7 Å². The van der Waals surface area contributed by atoms with Crippen LogP contribution in [0.2, 0.25) is 0 Å². The molecule has 0 amide bonds. The first-order chi connectivity index (χ1) is 9.26. The molecule has 96 valence electrons. The molecule has 0 unspecified atom stereocenters. The molecular formula is C11H12N8. The quantitative estimate of drug-likeness (QED) is 0.565. The maximum Gasteiger partial charge on any atom is 0.244 e. The Hall–Kier alpha value is -2.79. The Morgan fingerprint density at radius 1 is 1.47 bits per heavy atom. The predicted molar refractivity (Wildman–Crippen MR) is 68.4 cm³/mol. The Morgan fingerprint density at radius 3 is 2.74 bits per heavy atom. The van der Waals surface area contributed by atoms with Crippen LogP contribution in [0.3, 0.4) is 0 Å². The zero-order valence-electron chi connectivity index (χ0n) is 10.3. The van der Waals surface area contributed by atoms with E-state index in [0.717, 1.165) is 0 Å². The summed E-state index contributed by atoms with van der Waals surface area (Å²) in [4.78, 5) is 5.59. The van der Waals surface area contributed by atoms with Crippen LogP contribution in [-0.2, 0) is 6.54 Å². The van der Waals surface area contributed by atoms with Crippen LogP contribution in [0.25, 0.3) is 0 Å². The summed E-state index contributed by atoms with van der Waals surface area (Å²) in [5.74, 6) is 0.847. The van der Waals surface area contributed by atoms with Crippen LogP contribution in [0.15, 0.2) is 29.3 Å². The minimum Gasteiger partial charge on any atom is -0.356 e. The van der Waals surface area contributed by atoms with Gasteiger partial charge >= 0.3 is 0 Å². The Morgan fingerprint density at radius 2 is 2.21 bits per heavy atom. The molecule has 0 saturated heterocycles. The molecule has 8 heteroatoms. The molecule has 0 radical (unpaired) electrons. The minimum absolute atomic E-state index is 0.216. The summed E-state index contributed by atoms with van der Waals surface area (Å²) in [5, 5.41) is 23.3. The van der Waals surface area contributed by atoms with E-state index in [0.29, 0.717) is 23.0 Å². The molecule has 8 nitrogen and oxygen atoms in total. The van der Waals surface area contributed by atoms with Gasteiger partial charge in [0.25, 0.3) is 0 Å². The normalized spacial score (nSPS) is 11.1. The van der Waals surface area contributed by atoms with Gasteiger partial charge in [-0.3, -0.25) is 0 Å². The van der Waals surface area contributed by atoms with E-state index in [9.17, 15) is 0 Å². The first-order valence-corrected chi connectivity index (χ1v) is 5.52. The molecule has 0 atom stereocenters. The Labute approximate surface area is 109 Å². The minimum atomic E-state index is 0.216. The third-order valence-electron chi connectivity index (χ3n) is 2.28. The number of nitrogens with one attached hydrogen (secondary N) is 1. The first-order valence-electron chi connectivity index (χ1n) is 5.52. The average Bonchev–Trinajstić information content (AvgIpc) is 2.94. The third-order valence-corrected chi connectivity index (χ3v) is 2.28. The van der Waals surface area contributed by atoms with E-state index in [2.05, 4.69) is 25.7 Å². The Balaban J connectivity index is 2.29. The maximum absolute atomic E-state index is 8.72. The molecule has 2 rings (SSSR count). The van der Waals surface area contributed by atoms with E-state index in [1.54, 1.807) is 31.3 Å². The van der Waals surface area contributed by atoms with Crippen LogP contribution in [0, 0.1) is 11.3 Å². The summed E-state index contributed by atoms with van der Waals surface area (Å²) in [5.41, 5.74) is 6.67. The summed E-state index contributed by atoms with van der Waals surface area (Å²) >= 11 is 0. The molecule has 0 bridgehead atoms. The second kappa shape index (κ2) is 5.70. The van der Waals surface area contributed by atoms with Gasteiger partial charge in [0.2, 0.25) is 5.96 Å². The van der Waals surface area contributed by atoms with Gasteiger partial charge in [-0.15, -0.1) is 10.2 Å². The van der Waals surface area contributed by atoms with E-state index < -0.39 is 0 Å². The molecule has 2 aromatic rings. The molecule has 0 spiro atoms. The van der Waals surface area contributed by atoms with E-state index in [-0.39, 0.29) is 6.54 Å². The number of hydrogen-bond acceptors (Lipinski definition) is 6. The third kappa shape index (κ3) is 2.91.